The van der Waals surface area contributed by atoms with Gasteiger partial charge in [-0.2, -0.15) is 0 Å². The average Bonchev–Trinajstić information content (AvgIpc) is 2.62. The van der Waals surface area contributed by atoms with Crippen molar-refractivity contribution in [3.63, 3.8) is 0 Å². The molecule has 9 heteroatoms. The molecule has 0 aromatic carbocycles. The van der Waals surface area contributed by atoms with E-state index in [1.165, 1.54) is 0 Å². The van der Waals surface area contributed by atoms with E-state index in [4.69, 9.17) is 5.11 Å². The van der Waals surface area contributed by atoms with E-state index in [1.54, 1.807) is 27.7 Å². The number of ketones is 1. The van der Waals surface area contributed by atoms with Crippen LogP contribution >= 0.6 is 11.8 Å². The van der Waals surface area contributed by atoms with Crippen molar-refractivity contribution in [2.24, 2.45) is 11.3 Å². The van der Waals surface area contributed by atoms with Crippen LogP contribution in [0.2, 0.25) is 0 Å². The first-order chi connectivity index (χ1) is 12.1. The number of hydrogen-bond acceptors (Lipinski definition) is 7. The Kier molecular flexibility index (Phi) is 11.4. The summed E-state index contributed by atoms with van der Waals surface area (Å²) in [6, 6.07) is 0. The van der Waals surface area contributed by atoms with Gasteiger partial charge in [-0.3, -0.25) is 19.2 Å². The number of nitrogens with one attached hydrogen (secondary N) is 2. The maximum absolute atomic E-state index is 11.7. The van der Waals surface area contributed by atoms with Crippen LogP contribution in [0.25, 0.3) is 0 Å². The first-order valence-electron chi connectivity index (χ1n) is 8.59. The van der Waals surface area contributed by atoms with Crippen molar-refractivity contribution in [2.45, 2.75) is 46.6 Å². The first-order valence-corrected chi connectivity index (χ1v) is 9.58. The summed E-state index contributed by atoms with van der Waals surface area (Å²) in [4.78, 5) is 46.6. The largest absolute Gasteiger partial charge is 0.396 e. The SMILES string of the molecule is CCC(=O)C(C)C(=O)SCCNC(=O)CCNC(=O)[C@H](O)C(C)(C)CO. The molecule has 0 heterocycles. The van der Waals surface area contributed by atoms with Crippen LogP contribution in [-0.2, 0) is 19.2 Å². The Morgan fingerprint density at radius 1 is 1.12 bits per heavy atom. The highest BCUT2D eigenvalue weighted by atomic mass is 32.2. The highest BCUT2D eigenvalue weighted by Gasteiger charge is 2.32. The molecular formula is C17H30N2O6S. The normalized spacial score (nSPS) is 13.6. The molecule has 0 saturated heterocycles. The van der Waals surface area contributed by atoms with Gasteiger partial charge < -0.3 is 20.8 Å². The van der Waals surface area contributed by atoms with Gasteiger partial charge in [-0.05, 0) is 6.92 Å². The molecule has 0 aliphatic heterocycles. The molecule has 1 unspecified atom stereocenters. The molecule has 0 saturated carbocycles. The molecule has 0 rings (SSSR count). The van der Waals surface area contributed by atoms with Crippen LogP contribution in [0.3, 0.4) is 0 Å². The van der Waals surface area contributed by atoms with Crippen molar-refractivity contribution in [2.75, 3.05) is 25.4 Å². The Labute approximate surface area is 158 Å². The van der Waals surface area contributed by atoms with Crippen molar-refractivity contribution in [1.82, 2.24) is 10.6 Å². The molecule has 0 spiro atoms. The minimum absolute atomic E-state index is 0.0291. The predicted molar refractivity (Wildman–Crippen MR) is 99.4 cm³/mol. The molecule has 0 radical (unpaired) electrons. The molecular weight excluding hydrogens is 360 g/mol. The van der Waals surface area contributed by atoms with Gasteiger partial charge in [-0.1, -0.05) is 32.5 Å². The van der Waals surface area contributed by atoms with Crippen LogP contribution < -0.4 is 10.6 Å². The standard InChI is InChI=1S/C17H30N2O6S/c1-5-12(21)11(2)16(25)26-9-8-18-13(22)6-7-19-15(24)14(23)17(3,4)10-20/h11,14,20,23H,5-10H2,1-4H3,(H,18,22)(H,19,24)/t11?,14-/m0/s1. The van der Waals surface area contributed by atoms with E-state index in [0.717, 1.165) is 11.8 Å². The number of carbonyl (C=O) groups is 4. The minimum atomic E-state index is -1.37. The monoisotopic (exact) mass is 390 g/mol. The second-order valence-corrected chi connectivity index (χ2v) is 7.75. The van der Waals surface area contributed by atoms with Gasteiger partial charge in [-0.25, -0.2) is 0 Å². The second kappa shape index (κ2) is 12.0. The highest BCUT2D eigenvalue weighted by molar-refractivity contribution is 8.13. The summed E-state index contributed by atoms with van der Waals surface area (Å²) < 4.78 is 0. The lowest BCUT2D eigenvalue weighted by Crippen LogP contribution is -2.46. The molecule has 0 aliphatic rings. The number of Topliss-reactive ketones (excluding diaryl/α,β-unsaturated/α-hetero) is 1. The summed E-state index contributed by atoms with van der Waals surface area (Å²) in [5, 5.41) is 23.8. The molecule has 8 nitrogen and oxygen atoms in total. The average molecular weight is 391 g/mol. The molecule has 2 amide bonds. The summed E-state index contributed by atoms with van der Waals surface area (Å²) in [7, 11) is 0. The van der Waals surface area contributed by atoms with Crippen molar-refractivity contribution in [1.29, 1.82) is 0 Å². The van der Waals surface area contributed by atoms with Gasteiger partial charge in [0.25, 0.3) is 0 Å². The van der Waals surface area contributed by atoms with E-state index in [9.17, 15) is 24.3 Å². The fourth-order valence-electron chi connectivity index (χ4n) is 1.83. The fraction of sp³-hybridized carbons (Fsp3) is 0.765. The van der Waals surface area contributed by atoms with E-state index in [1.807, 2.05) is 0 Å². The van der Waals surface area contributed by atoms with Gasteiger partial charge in [-0.15, -0.1) is 0 Å². The lowest BCUT2D eigenvalue weighted by molar-refractivity contribution is -0.137. The number of rotatable bonds is 12. The molecule has 4 N–H and O–H groups in total. The third-order valence-electron chi connectivity index (χ3n) is 3.90. The third-order valence-corrected chi connectivity index (χ3v) is 4.95. The zero-order valence-corrected chi connectivity index (χ0v) is 16.6. The summed E-state index contributed by atoms with van der Waals surface area (Å²) >= 11 is 1.01. The van der Waals surface area contributed by atoms with E-state index >= 15 is 0 Å². The van der Waals surface area contributed by atoms with E-state index in [2.05, 4.69) is 10.6 Å². The van der Waals surface area contributed by atoms with Crippen LogP contribution in [0.15, 0.2) is 0 Å². The van der Waals surface area contributed by atoms with E-state index in [0.29, 0.717) is 12.2 Å². The Bertz CT molecular complexity index is 509. The zero-order valence-electron chi connectivity index (χ0n) is 15.8. The summed E-state index contributed by atoms with van der Waals surface area (Å²) in [5.41, 5.74) is -0.966. The fourth-order valence-corrected chi connectivity index (χ4v) is 2.62. The van der Waals surface area contributed by atoms with Gasteiger partial charge in [0.05, 0.1) is 12.5 Å². The molecule has 0 aliphatic carbocycles. The van der Waals surface area contributed by atoms with Crippen LogP contribution in [0.1, 0.15) is 40.5 Å². The lowest BCUT2D eigenvalue weighted by atomic mass is 9.87. The number of aliphatic hydroxyl groups excluding tert-OH is 2. The molecule has 0 fully saturated rings. The molecule has 0 aromatic rings. The Morgan fingerprint density at radius 3 is 2.27 bits per heavy atom. The molecule has 26 heavy (non-hydrogen) atoms. The maximum atomic E-state index is 11.7. The van der Waals surface area contributed by atoms with Gasteiger partial charge in [0.1, 0.15) is 11.9 Å². The van der Waals surface area contributed by atoms with E-state index < -0.39 is 23.3 Å². The summed E-state index contributed by atoms with van der Waals surface area (Å²) in [6.45, 7) is 6.37. The Hall–Kier alpha value is -1.45. The Balaban J connectivity index is 3.96. The van der Waals surface area contributed by atoms with Gasteiger partial charge in [0, 0.05) is 37.1 Å². The number of amides is 2. The van der Waals surface area contributed by atoms with E-state index in [-0.39, 0.29) is 42.9 Å². The quantitative estimate of drug-likeness (QED) is 0.269. The van der Waals surface area contributed by atoms with Gasteiger partial charge >= 0.3 is 0 Å². The molecule has 150 valence electrons. The number of aliphatic hydroxyl groups is 2. The van der Waals surface area contributed by atoms with Crippen molar-refractivity contribution >= 4 is 34.5 Å². The van der Waals surface area contributed by atoms with Gasteiger partial charge in [0.15, 0.2) is 5.12 Å². The first kappa shape index (κ1) is 24.6. The number of thioether (sulfide) groups is 1. The summed E-state index contributed by atoms with van der Waals surface area (Å²) in [6.07, 6.45) is -1.02. The Morgan fingerprint density at radius 2 is 1.73 bits per heavy atom. The van der Waals surface area contributed by atoms with Crippen molar-refractivity contribution < 1.29 is 29.4 Å². The molecule has 0 bridgehead atoms. The maximum Gasteiger partial charge on any atom is 0.249 e. The topological polar surface area (TPSA) is 133 Å². The summed E-state index contributed by atoms with van der Waals surface area (Å²) in [5.74, 6) is -1.32. The molecule has 2 atom stereocenters. The van der Waals surface area contributed by atoms with Crippen molar-refractivity contribution in [3.8, 4) is 0 Å². The number of carbonyl (C=O) groups excluding carboxylic acids is 4. The van der Waals surface area contributed by atoms with Gasteiger partial charge in [0.2, 0.25) is 11.8 Å². The minimum Gasteiger partial charge on any atom is -0.396 e. The zero-order chi connectivity index (χ0) is 20.3. The van der Waals surface area contributed by atoms with Crippen LogP contribution in [0.4, 0.5) is 0 Å². The lowest BCUT2D eigenvalue weighted by Gasteiger charge is -2.27. The van der Waals surface area contributed by atoms with Crippen LogP contribution in [0.5, 0.6) is 0 Å². The van der Waals surface area contributed by atoms with Crippen LogP contribution in [-0.4, -0.2) is 64.5 Å². The third kappa shape index (κ3) is 8.77. The number of hydrogen-bond donors (Lipinski definition) is 4. The predicted octanol–water partition coefficient (Wildman–Crippen LogP) is -0.137. The highest BCUT2D eigenvalue weighted by Crippen LogP contribution is 2.19. The molecule has 0 aromatic heterocycles. The second-order valence-electron chi connectivity index (χ2n) is 6.65. The van der Waals surface area contributed by atoms with Crippen LogP contribution in [0, 0.1) is 11.3 Å². The smallest absolute Gasteiger partial charge is 0.249 e. The van der Waals surface area contributed by atoms with Crippen molar-refractivity contribution in [3.05, 3.63) is 0 Å².